The maximum Gasteiger partial charge on any atom is 0.306 e. The highest BCUT2D eigenvalue weighted by Crippen LogP contribution is 2.62. The Bertz CT molecular complexity index is 1260. The fraction of sp³-hybridized carbons (Fsp3) is 0.464. The molecule has 5 nitrogen and oxygen atoms in total. The number of rotatable bonds is 6. The Morgan fingerprint density at radius 2 is 1.76 bits per heavy atom. The number of fused-ring (bicyclic) bond motifs is 1. The minimum atomic E-state index is -0.685. The third kappa shape index (κ3) is 4.15. The van der Waals surface area contributed by atoms with Crippen molar-refractivity contribution < 1.29 is 14.7 Å². The Hall–Kier alpha value is -2.66. The smallest absolute Gasteiger partial charge is 0.306 e. The van der Waals surface area contributed by atoms with Crippen LogP contribution in [0.15, 0.2) is 42.6 Å². The van der Waals surface area contributed by atoms with E-state index in [1.165, 1.54) is 5.56 Å². The van der Waals surface area contributed by atoms with E-state index in [0.717, 1.165) is 42.1 Å². The molecule has 1 N–H and O–H groups in total. The van der Waals surface area contributed by atoms with Crippen LogP contribution in [-0.2, 0) is 16.8 Å². The van der Waals surface area contributed by atoms with Gasteiger partial charge in [-0.05, 0) is 65.7 Å². The molecular weight excluding hydrogens is 448 g/mol. The largest absolute Gasteiger partial charge is 0.481 e. The number of ketones is 1. The van der Waals surface area contributed by atoms with Crippen molar-refractivity contribution in [2.24, 2.45) is 17.3 Å². The normalized spacial score (nSPS) is 24.1. The fourth-order valence-corrected chi connectivity index (χ4v) is 6.17. The molecule has 0 saturated heterocycles. The Morgan fingerprint density at radius 3 is 2.38 bits per heavy atom. The van der Waals surface area contributed by atoms with Gasteiger partial charge in [-0.3, -0.25) is 14.3 Å². The van der Waals surface area contributed by atoms with Gasteiger partial charge in [0.1, 0.15) is 0 Å². The van der Waals surface area contributed by atoms with Gasteiger partial charge in [0.25, 0.3) is 0 Å². The predicted octanol–water partition coefficient (Wildman–Crippen LogP) is 6.50. The van der Waals surface area contributed by atoms with Gasteiger partial charge in [-0.15, -0.1) is 0 Å². The second-order valence-electron chi connectivity index (χ2n) is 11.5. The molecule has 5 rings (SSSR count). The summed E-state index contributed by atoms with van der Waals surface area (Å²) in [4.78, 5) is 24.5. The van der Waals surface area contributed by atoms with Crippen LogP contribution in [0.5, 0.6) is 0 Å². The van der Waals surface area contributed by atoms with Crippen LogP contribution in [-0.4, -0.2) is 26.6 Å². The monoisotopic (exact) mass is 478 g/mol. The van der Waals surface area contributed by atoms with Crippen LogP contribution in [0.3, 0.4) is 0 Å². The highest BCUT2D eigenvalue weighted by molar-refractivity contribution is 6.36. The highest BCUT2D eigenvalue weighted by atomic mass is 35.5. The third-order valence-corrected chi connectivity index (χ3v) is 8.16. The molecule has 2 fully saturated rings. The number of carboxylic acids is 1. The molecule has 0 atom stereocenters. The van der Waals surface area contributed by atoms with E-state index >= 15 is 0 Å². The first-order valence-electron chi connectivity index (χ1n) is 12.0. The Kier molecular flexibility index (Phi) is 5.59. The molecule has 0 bridgehead atoms. The molecule has 2 aromatic carbocycles. The molecule has 0 amide bonds. The lowest BCUT2D eigenvalue weighted by Gasteiger charge is -2.56. The summed E-state index contributed by atoms with van der Waals surface area (Å²) in [6.45, 7) is 7.16. The summed E-state index contributed by atoms with van der Waals surface area (Å²) in [7, 11) is 0. The molecule has 2 aliphatic carbocycles. The SMILES string of the molecule is CC(C)(C)c1ccc(Cn2ncc3c(Cl)ccc(C(=O)CC4CC5(C4)CC(C(=O)O)C5)c32)cc1. The van der Waals surface area contributed by atoms with Crippen molar-refractivity contribution in [3.63, 3.8) is 0 Å². The van der Waals surface area contributed by atoms with Crippen molar-refractivity contribution in [2.45, 2.75) is 64.8 Å². The second-order valence-corrected chi connectivity index (χ2v) is 11.9. The van der Waals surface area contributed by atoms with Crippen LogP contribution in [0.2, 0.25) is 5.02 Å². The standard InChI is InChI=1S/C28H31ClN2O3/c1-27(2,3)20-6-4-17(5-7-20)16-31-25-21(8-9-23(29)22(25)15-30-31)24(32)10-18-11-28(12-18)13-19(14-28)26(33)34/h4-9,15,18-19H,10-14,16H2,1-3H3,(H,33,34). The van der Waals surface area contributed by atoms with Crippen LogP contribution < -0.4 is 0 Å². The summed E-state index contributed by atoms with van der Waals surface area (Å²) in [5, 5.41) is 15.1. The number of hydrogen-bond donors (Lipinski definition) is 1. The van der Waals surface area contributed by atoms with E-state index in [1.807, 2.05) is 10.7 Å². The lowest BCUT2D eigenvalue weighted by molar-refractivity contribution is -0.157. The molecule has 0 radical (unpaired) electrons. The molecular formula is C28H31ClN2O3. The number of carbonyl (C=O) groups is 2. The number of aliphatic carboxylic acids is 1. The average molecular weight is 479 g/mol. The van der Waals surface area contributed by atoms with Crippen LogP contribution >= 0.6 is 11.6 Å². The van der Waals surface area contributed by atoms with E-state index in [-0.39, 0.29) is 22.5 Å². The fourth-order valence-electron chi connectivity index (χ4n) is 5.97. The molecule has 1 aromatic heterocycles. The zero-order chi connectivity index (χ0) is 24.3. The second kappa shape index (κ2) is 8.23. The van der Waals surface area contributed by atoms with Gasteiger partial charge in [0, 0.05) is 17.4 Å². The van der Waals surface area contributed by atoms with E-state index < -0.39 is 5.97 Å². The molecule has 6 heteroatoms. The van der Waals surface area contributed by atoms with Gasteiger partial charge in [-0.1, -0.05) is 56.6 Å². The molecule has 0 aliphatic heterocycles. The third-order valence-electron chi connectivity index (χ3n) is 7.83. The number of aromatic nitrogens is 2. The Labute approximate surface area is 205 Å². The molecule has 1 spiro atoms. The van der Waals surface area contributed by atoms with E-state index in [9.17, 15) is 9.59 Å². The van der Waals surface area contributed by atoms with Crippen LogP contribution in [0.4, 0.5) is 0 Å². The Morgan fingerprint density at radius 1 is 1.09 bits per heavy atom. The molecule has 2 aliphatic rings. The van der Waals surface area contributed by atoms with E-state index in [0.29, 0.717) is 29.5 Å². The summed E-state index contributed by atoms with van der Waals surface area (Å²) in [5.41, 5.74) is 4.13. The van der Waals surface area contributed by atoms with E-state index in [4.69, 9.17) is 16.7 Å². The maximum atomic E-state index is 13.3. The van der Waals surface area contributed by atoms with Gasteiger partial charge in [0.05, 0.1) is 29.2 Å². The first kappa shape index (κ1) is 23.1. The van der Waals surface area contributed by atoms with Crippen molar-refractivity contribution in [3.8, 4) is 0 Å². The topological polar surface area (TPSA) is 72.2 Å². The van der Waals surface area contributed by atoms with Crippen molar-refractivity contribution in [1.82, 2.24) is 9.78 Å². The van der Waals surface area contributed by atoms with Crippen molar-refractivity contribution in [1.29, 1.82) is 0 Å². The quantitative estimate of drug-likeness (QED) is 0.410. The number of carboxylic acid groups (broad SMARTS) is 1. The zero-order valence-corrected chi connectivity index (χ0v) is 20.7. The predicted molar refractivity (Wildman–Crippen MR) is 133 cm³/mol. The lowest BCUT2D eigenvalue weighted by Crippen LogP contribution is -2.50. The van der Waals surface area contributed by atoms with Gasteiger partial charge in [-0.25, -0.2) is 0 Å². The van der Waals surface area contributed by atoms with Gasteiger partial charge >= 0.3 is 5.97 Å². The minimum Gasteiger partial charge on any atom is -0.481 e. The van der Waals surface area contributed by atoms with Crippen molar-refractivity contribution >= 4 is 34.3 Å². The maximum absolute atomic E-state index is 13.3. The first-order valence-corrected chi connectivity index (χ1v) is 12.4. The first-order chi connectivity index (χ1) is 16.0. The van der Waals surface area contributed by atoms with Gasteiger partial charge in [-0.2, -0.15) is 5.10 Å². The summed E-state index contributed by atoms with van der Waals surface area (Å²) < 4.78 is 1.88. The average Bonchev–Trinajstić information content (AvgIpc) is 3.13. The molecule has 2 saturated carbocycles. The van der Waals surface area contributed by atoms with Crippen LogP contribution in [0.25, 0.3) is 10.9 Å². The molecule has 178 valence electrons. The Balaban J connectivity index is 1.33. The van der Waals surface area contributed by atoms with E-state index in [1.54, 1.807) is 12.3 Å². The van der Waals surface area contributed by atoms with Crippen molar-refractivity contribution in [2.75, 3.05) is 0 Å². The molecule has 34 heavy (non-hydrogen) atoms. The van der Waals surface area contributed by atoms with Crippen LogP contribution in [0.1, 0.15) is 74.4 Å². The summed E-state index contributed by atoms with van der Waals surface area (Å²) in [5.74, 6) is -0.441. The molecule has 1 heterocycles. The summed E-state index contributed by atoms with van der Waals surface area (Å²) in [6.07, 6.45) is 5.67. The number of nitrogens with zero attached hydrogens (tertiary/aromatic N) is 2. The zero-order valence-electron chi connectivity index (χ0n) is 20.0. The molecule has 3 aromatic rings. The van der Waals surface area contributed by atoms with Gasteiger partial charge < -0.3 is 5.11 Å². The van der Waals surface area contributed by atoms with E-state index in [2.05, 4.69) is 50.1 Å². The van der Waals surface area contributed by atoms with Gasteiger partial charge in [0.2, 0.25) is 0 Å². The number of Topliss-reactive ketones (excluding diaryl/α,β-unsaturated/α-hetero) is 1. The summed E-state index contributed by atoms with van der Waals surface area (Å²) >= 11 is 6.46. The van der Waals surface area contributed by atoms with Crippen LogP contribution in [0, 0.1) is 17.3 Å². The molecule has 0 unspecified atom stereocenters. The number of halogens is 1. The summed E-state index contributed by atoms with van der Waals surface area (Å²) in [6, 6.07) is 12.2. The highest BCUT2D eigenvalue weighted by Gasteiger charge is 2.54. The number of carbonyl (C=O) groups excluding carboxylic acids is 1. The lowest BCUT2D eigenvalue weighted by atomic mass is 9.47. The van der Waals surface area contributed by atoms with Crippen molar-refractivity contribution in [3.05, 3.63) is 64.3 Å². The number of hydrogen-bond acceptors (Lipinski definition) is 3. The number of benzene rings is 2. The minimum absolute atomic E-state index is 0.0954. The van der Waals surface area contributed by atoms with Gasteiger partial charge in [0.15, 0.2) is 5.78 Å².